The van der Waals surface area contributed by atoms with Crippen LogP contribution >= 0.6 is 11.3 Å². The van der Waals surface area contributed by atoms with Crippen LogP contribution in [0.5, 0.6) is 0 Å². The molecule has 7 nitrogen and oxygen atoms in total. The molecule has 2 aliphatic rings. The van der Waals surface area contributed by atoms with E-state index in [0.29, 0.717) is 53.1 Å². The molecule has 2 heterocycles. The van der Waals surface area contributed by atoms with Crippen LogP contribution in [0.25, 0.3) is 16.4 Å². The van der Waals surface area contributed by atoms with Crippen LogP contribution < -0.4 is 5.14 Å². The minimum absolute atomic E-state index is 0.00221. The highest BCUT2D eigenvalue weighted by Crippen LogP contribution is 2.39. The number of hydrogen-bond acceptors (Lipinski definition) is 5. The molecule has 0 radical (unpaired) electrons. The summed E-state index contributed by atoms with van der Waals surface area (Å²) in [7, 11) is -3.28. The lowest BCUT2D eigenvalue weighted by molar-refractivity contribution is 0.0691. The van der Waals surface area contributed by atoms with E-state index in [1.54, 1.807) is 16.8 Å². The first-order chi connectivity index (χ1) is 19.1. The average Bonchev–Trinajstić information content (AvgIpc) is 3.80. The summed E-state index contributed by atoms with van der Waals surface area (Å²) in [4.78, 5) is 15.9. The Kier molecular flexibility index (Phi) is 6.92. The lowest BCUT2D eigenvalue weighted by Gasteiger charge is -2.15. The summed E-state index contributed by atoms with van der Waals surface area (Å²) < 4.78 is 43.8. The van der Waals surface area contributed by atoms with E-state index in [1.165, 1.54) is 41.2 Å². The van der Waals surface area contributed by atoms with E-state index in [9.17, 15) is 22.9 Å². The zero-order valence-corrected chi connectivity index (χ0v) is 23.7. The summed E-state index contributed by atoms with van der Waals surface area (Å²) >= 11 is 1.19. The molecular weight excluding hydrogens is 554 g/mol. The number of thiol groups is 1. The van der Waals surface area contributed by atoms with Gasteiger partial charge in [0.15, 0.2) is 5.69 Å². The van der Waals surface area contributed by atoms with Crippen LogP contribution in [0.4, 0.5) is 8.78 Å². The fraction of sp³-hybridized carbons (Fsp3) is 0.345. The Morgan fingerprint density at radius 2 is 1.82 bits per heavy atom. The minimum Gasteiger partial charge on any atom is -0.476 e. The molecule has 3 N–H and O–H groups in total. The quantitative estimate of drug-likeness (QED) is 0.218. The molecule has 0 aliphatic heterocycles. The van der Waals surface area contributed by atoms with E-state index in [0.717, 1.165) is 42.5 Å². The monoisotopic (exact) mass is 584 g/mol. The lowest BCUT2D eigenvalue weighted by atomic mass is 9.95. The fourth-order valence-electron chi connectivity index (χ4n) is 5.06. The van der Waals surface area contributed by atoms with Gasteiger partial charge in [0.2, 0.25) is 5.13 Å². The molecule has 2 fully saturated rings. The maximum Gasteiger partial charge on any atom is 0.355 e. The molecule has 0 unspecified atom stereocenters. The van der Waals surface area contributed by atoms with Gasteiger partial charge in [-0.1, -0.05) is 6.07 Å². The highest BCUT2D eigenvalue weighted by atomic mass is 32.3. The van der Waals surface area contributed by atoms with Crippen LogP contribution in [-0.4, -0.2) is 36.3 Å². The zero-order valence-electron chi connectivity index (χ0n) is 21.9. The largest absolute Gasteiger partial charge is 0.476 e. The molecule has 0 saturated heterocycles. The van der Waals surface area contributed by atoms with Crippen molar-refractivity contribution in [2.75, 3.05) is 6.26 Å². The number of benzene rings is 2. The van der Waals surface area contributed by atoms with Crippen molar-refractivity contribution < 1.29 is 22.9 Å². The molecule has 0 atom stereocenters. The number of carbonyl (C=O) groups is 1. The van der Waals surface area contributed by atoms with Gasteiger partial charge in [-0.15, -0.1) is 11.3 Å². The summed E-state index contributed by atoms with van der Waals surface area (Å²) in [5.41, 5.74) is 4.33. The number of carboxylic acid groups (broad SMARTS) is 1. The molecule has 40 heavy (non-hydrogen) atoms. The van der Waals surface area contributed by atoms with Crippen molar-refractivity contribution in [1.82, 2.24) is 14.8 Å². The normalized spacial score (nSPS) is 15.9. The molecule has 0 bridgehead atoms. The number of thiazole rings is 1. The van der Waals surface area contributed by atoms with Crippen LogP contribution in [-0.2, 0) is 29.4 Å². The number of carboxylic acids is 1. The van der Waals surface area contributed by atoms with E-state index in [-0.39, 0.29) is 16.4 Å². The Bertz CT molecular complexity index is 1670. The van der Waals surface area contributed by atoms with Gasteiger partial charge in [-0.25, -0.2) is 23.2 Å². The molecule has 2 saturated carbocycles. The summed E-state index contributed by atoms with van der Waals surface area (Å²) in [6.07, 6.45) is 7.36. The van der Waals surface area contributed by atoms with Gasteiger partial charge in [0.1, 0.15) is 11.6 Å². The Hall–Kier alpha value is -3.28. The third-order valence-corrected chi connectivity index (χ3v) is 9.69. The van der Waals surface area contributed by atoms with E-state index in [1.807, 2.05) is 6.07 Å². The van der Waals surface area contributed by atoms with Gasteiger partial charge in [-0.05, 0) is 102 Å². The summed E-state index contributed by atoms with van der Waals surface area (Å²) in [6.45, 7) is 0. The molecule has 2 aromatic heterocycles. The van der Waals surface area contributed by atoms with Crippen molar-refractivity contribution in [3.05, 3.63) is 81.5 Å². The van der Waals surface area contributed by atoms with E-state index < -0.39 is 21.9 Å². The number of hydrogen-bond donors (Lipinski definition) is 3. The predicted octanol–water partition coefficient (Wildman–Crippen LogP) is 5.35. The van der Waals surface area contributed by atoms with Crippen molar-refractivity contribution in [1.29, 1.82) is 0 Å². The third kappa shape index (κ3) is 5.63. The number of nitrogens with two attached hydrogens (primary N) is 1. The molecule has 0 amide bonds. The maximum absolute atomic E-state index is 15.0. The Morgan fingerprint density at radius 3 is 2.45 bits per heavy atom. The van der Waals surface area contributed by atoms with Gasteiger partial charge >= 0.3 is 5.97 Å². The van der Waals surface area contributed by atoms with Crippen LogP contribution in [0.1, 0.15) is 58.6 Å². The van der Waals surface area contributed by atoms with E-state index in [2.05, 4.69) is 4.98 Å². The van der Waals surface area contributed by atoms with Crippen LogP contribution in [0.15, 0.2) is 46.7 Å². The molecule has 2 aliphatic carbocycles. The maximum atomic E-state index is 15.0. The predicted molar refractivity (Wildman–Crippen MR) is 152 cm³/mol. The van der Waals surface area contributed by atoms with Gasteiger partial charge in [-0.3, -0.25) is 9.35 Å². The summed E-state index contributed by atoms with van der Waals surface area (Å²) in [5.74, 6) is -1.03. The highest BCUT2D eigenvalue weighted by molar-refractivity contribution is 8.00. The molecule has 6 rings (SSSR count). The number of aromatic nitrogens is 3. The smallest absolute Gasteiger partial charge is 0.355 e. The Balaban J connectivity index is 1.50. The SMILES string of the molecule is C[SH](N)(=O)c1ccc(Cc2c(-c3ccc(F)c(CC4CC4)c3)nn(-c3nc(C(=O)O)cs3)c2CC2CC2)cc1F. The topological polar surface area (TPSA) is 111 Å². The molecule has 210 valence electrons. The second kappa shape index (κ2) is 10.3. The van der Waals surface area contributed by atoms with Gasteiger partial charge in [0.25, 0.3) is 0 Å². The molecule has 4 aromatic rings. The van der Waals surface area contributed by atoms with Crippen molar-refractivity contribution >= 4 is 27.4 Å². The first-order valence-electron chi connectivity index (χ1n) is 13.3. The van der Waals surface area contributed by atoms with Gasteiger partial charge in [0, 0.05) is 29.2 Å². The minimum atomic E-state index is -3.28. The molecule has 0 spiro atoms. The first-order valence-corrected chi connectivity index (χ1v) is 16.4. The number of nitrogens with zero attached hydrogens (tertiary/aromatic N) is 3. The Labute approximate surface area is 235 Å². The van der Waals surface area contributed by atoms with E-state index >= 15 is 0 Å². The number of rotatable bonds is 10. The van der Waals surface area contributed by atoms with Crippen molar-refractivity contribution in [2.45, 2.75) is 49.8 Å². The summed E-state index contributed by atoms with van der Waals surface area (Å²) in [5, 5.41) is 22.0. The van der Waals surface area contributed by atoms with Gasteiger partial charge in [0.05, 0.1) is 16.3 Å². The standard InChI is InChI=1S/C29H30F2N4O3S2/c1-40(32,38)26-9-6-18(12-23(26)31)11-21-25(13-17-4-5-17)35(29-33-24(15-39-29)28(36)37)34-27(21)19-7-8-22(30)20(14-19)10-16-2-3-16/h6-9,12,14-17,40H,2-5,10-11,13H2,1H3,(H2,32,38)(H,36,37). The van der Waals surface area contributed by atoms with Crippen molar-refractivity contribution in [3.8, 4) is 16.4 Å². The van der Waals surface area contributed by atoms with Gasteiger partial charge in [-0.2, -0.15) is 5.10 Å². The summed E-state index contributed by atoms with van der Waals surface area (Å²) in [6, 6.07) is 9.58. The van der Waals surface area contributed by atoms with E-state index in [4.69, 9.17) is 10.2 Å². The lowest BCUT2D eigenvalue weighted by Crippen LogP contribution is -2.22. The molecular formula is C29H30F2N4O3S2. The van der Waals surface area contributed by atoms with Crippen molar-refractivity contribution in [3.63, 3.8) is 0 Å². The van der Waals surface area contributed by atoms with Crippen molar-refractivity contribution in [2.24, 2.45) is 17.0 Å². The molecule has 2 aromatic carbocycles. The first kappa shape index (κ1) is 26.9. The molecule has 11 heteroatoms. The highest BCUT2D eigenvalue weighted by Gasteiger charge is 2.30. The fourth-order valence-corrected chi connectivity index (χ4v) is 6.69. The zero-order chi connectivity index (χ0) is 28.2. The van der Waals surface area contributed by atoms with Crippen LogP contribution in [0.2, 0.25) is 0 Å². The average molecular weight is 585 g/mol. The Morgan fingerprint density at radius 1 is 1.10 bits per heavy atom. The second-order valence-electron chi connectivity index (χ2n) is 11.1. The van der Waals surface area contributed by atoms with Crippen LogP contribution in [0, 0.1) is 23.5 Å². The van der Waals surface area contributed by atoms with Gasteiger partial charge < -0.3 is 5.11 Å². The number of halogens is 2. The second-order valence-corrected chi connectivity index (χ2v) is 14.4. The van der Waals surface area contributed by atoms with Crippen LogP contribution in [0.3, 0.4) is 0 Å². The third-order valence-electron chi connectivity index (χ3n) is 7.56. The number of aromatic carboxylic acids is 1.